The van der Waals surface area contributed by atoms with Crippen LogP contribution in [0.1, 0.15) is 51.9 Å². The number of unbranched alkanes of at least 4 members (excludes halogenated alkanes) is 4. The van der Waals surface area contributed by atoms with Gasteiger partial charge in [-0.05, 0) is 19.3 Å². The maximum atomic E-state index is 11.0. The zero-order valence-corrected chi connectivity index (χ0v) is 8.55. The van der Waals surface area contributed by atoms with E-state index in [2.05, 4.69) is 13.8 Å². The molecule has 0 aromatic heterocycles. The zero-order valence-electron chi connectivity index (χ0n) is 8.55. The average molecular weight is 184 g/mol. The van der Waals surface area contributed by atoms with Gasteiger partial charge in [0.05, 0.1) is 0 Å². The second-order valence-electron chi connectivity index (χ2n) is 3.11. The van der Waals surface area contributed by atoms with Crippen LogP contribution < -0.4 is 0 Å². The van der Waals surface area contributed by atoms with Gasteiger partial charge in [-0.25, -0.2) is 0 Å². The van der Waals surface area contributed by atoms with Gasteiger partial charge >= 0.3 is 5.97 Å². The molecule has 0 atom stereocenters. The van der Waals surface area contributed by atoms with Crippen molar-refractivity contribution in [2.45, 2.75) is 51.9 Å². The van der Waals surface area contributed by atoms with Gasteiger partial charge in [-0.15, -0.1) is 0 Å². The molecule has 2 nitrogen and oxygen atoms in total. The van der Waals surface area contributed by atoms with E-state index in [1.807, 2.05) is 0 Å². The summed E-state index contributed by atoms with van der Waals surface area (Å²) in [4.78, 5) is 11.0. The molecule has 2 radical (unpaired) electrons. The van der Waals surface area contributed by atoms with E-state index in [0.29, 0.717) is 6.42 Å². The van der Waals surface area contributed by atoms with E-state index in [9.17, 15) is 4.79 Å². The summed E-state index contributed by atoms with van der Waals surface area (Å²) in [5.74, 6) is -0.0995. The Kier molecular flexibility index (Phi) is 9.17. The molecule has 0 aliphatic heterocycles. The van der Waals surface area contributed by atoms with Crippen LogP contribution in [0.25, 0.3) is 0 Å². The van der Waals surface area contributed by atoms with Crippen LogP contribution in [-0.2, 0) is 9.53 Å². The van der Waals surface area contributed by atoms with Crippen LogP contribution in [0.15, 0.2) is 0 Å². The summed E-state index contributed by atoms with van der Waals surface area (Å²) in [5.41, 5.74) is 0. The highest BCUT2D eigenvalue weighted by Gasteiger charge is 2.01. The summed E-state index contributed by atoms with van der Waals surface area (Å²) in [5, 5.41) is 0. The van der Waals surface area contributed by atoms with Crippen molar-refractivity contribution < 1.29 is 9.53 Å². The first-order chi connectivity index (χ1) is 6.31. The van der Waals surface area contributed by atoms with Gasteiger partial charge < -0.3 is 4.74 Å². The van der Waals surface area contributed by atoms with Crippen molar-refractivity contribution in [3.8, 4) is 0 Å². The molecule has 13 heavy (non-hydrogen) atoms. The van der Waals surface area contributed by atoms with Crippen LogP contribution in [0.2, 0.25) is 0 Å². The lowest BCUT2D eigenvalue weighted by atomic mass is 10.2. The number of hydrogen-bond donors (Lipinski definition) is 0. The van der Waals surface area contributed by atoms with Crippen LogP contribution in [0.3, 0.4) is 0 Å². The molecule has 0 aliphatic carbocycles. The van der Waals surface area contributed by atoms with Gasteiger partial charge in [0.15, 0.2) is 0 Å². The average Bonchev–Trinajstić information content (AvgIpc) is 2.13. The lowest BCUT2D eigenvalue weighted by Gasteiger charge is -2.02. The first kappa shape index (κ1) is 12.5. The summed E-state index contributed by atoms with van der Waals surface area (Å²) in [6.07, 6.45) is 6.44. The molecular formula is C11H20O2. The molecule has 0 unspecified atom stereocenters. The van der Waals surface area contributed by atoms with Crippen molar-refractivity contribution in [1.82, 2.24) is 0 Å². The van der Waals surface area contributed by atoms with E-state index in [1.165, 1.54) is 0 Å². The van der Waals surface area contributed by atoms with Gasteiger partial charge in [0, 0.05) is 6.42 Å². The molecule has 0 amide bonds. The van der Waals surface area contributed by atoms with E-state index in [0.717, 1.165) is 38.5 Å². The Labute approximate surface area is 81.7 Å². The highest BCUT2D eigenvalue weighted by atomic mass is 16.5. The number of ether oxygens (including phenoxy) is 1. The number of carbonyl (C=O) groups is 1. The standard InChI is InChI=1S/C11H20O2/c1-3-5-7-9-11(12)13-10-8-6-4-2/h10H,2-9H2,1H3. The van der Waals surface area contributed by atoms with Crippen LogP contribution in [-0.4, -0.2) is 5.97 Å². The highest BCUT2D eigenvalue weighted by Crippen LogP contribution is 2.04. The molecule has 2 heteroatoms. The van der Waals surface area contributed by atoms with Crippen LogP contribution >= 0.6 is 0 Å². The number of rotatable bonds is 8. The van der Waals surface area contributed by atoms with E-state index in [1.54, 1.807) is 6.61 Å². The molecule has 0 aromatic carbocycles. The van der Waals surface area contributed by atoms with Gasteiger partial charge in [-0.3, -0.25) is 4.79 Å². The molecule has 0 heterocycles. The fourth-order valence-corrected chi connectivity index (χ4v) is 0.958. The minimum atomic E-state index is -0.0995. The molecule has 0 N–H and O–H groups in total. The maximum absolute atomic E-state index is 11.0. The fraction of sp³-hybridized carbons (Fsp3) is 0.727. The van der Waals surface area contributed by atoms with Crippen LogP contribution in [0, 0.1) is 13.5 Å². The number of carbonyl (C=O) groups excluding carboxylic acids is 1. The van der Waals surface area contributed by atoms with Crippen molar-refractivity contribution in [1.29, 1.82) is 0 Å². The second-order valence-corrected chi connectivity index (χ2v) is 3.11. The lowest BCUT2D eigenvalue weighted by molar-refractivity contribution is -0.140. The lowest BCUT2D eigenvalue weighted by Crippen LogP contribution is -2.01. The van der Waals surface area contributed by atoms with Crippen LogP contribution in [0.5, 0.6) is 0 Å². The van der Waals surface area contributed by atoms with E-state index >= 15 is 0 Å². The molecule has 0 aromatic rings. The van der Waals surface area contributed by atoms with Crippen molar-refractivity contribution in [2.75, 3.05) is 0 Å². The minimum Gasteiger partial charge on any atom is -0.458 e. The monoisotopic (exact) mass is 184 g/mol. The van der Waals surface area contributed by atoms with Gasteiger partial charge in [0.1, 0.15) is 6.61 Å². The highest BCUT2D eigenvalue weighted by molar-refractivity contribution is 5.69. The van der Waals surface area contributed by atoms with Crippen LogP contribution in [0.4, 0.5) is 0 Å². The van der Waals surface area contributed by atoms with Crippen molar-refractivity contribution in [3.63, 3.8) is 0 Å². The zero-order chi connectivity index (χ0) is 9.94. The normalized spacial score (nSPS) is 10.0. The smallest absolute Gasteiger partial charge is 0.306 e. The summed E-state index contributed by atoms with van der Waals surface area (Å²) >= 11 is 0. The quantitative estimate of drug-likeness (QED) is 0.427. The summed E-state index contributed by atoms with van der Waals surface area (Å²) in [7, 11) is 0. The minimum absolute atomic E-state index is 0.0995. The van der Waals surface area contributed by atoms with Crippen molar-refractivity contribution in [2.24, 2.45) is 0 Å². The third kappa shape index (κ3) is 9.38. The molecule has 0 aliphatic rings. The van der Waals surface area contributed by atoms with Gasteiger partial charge in [-0.2, -0.15) is 0 Å². The Morgan fingerprint density at radius 1 is 1.38 bits per heavy atom. The molecule has 0 saturated heterocycles. The van der Waals surface area contributed by atoms with Gasteiger partial charge in [0.2, 0.25) is 0 Å². The molecule has 0 rings (SSSR count). The Bertz CT molecular complexity index is 121. The fourth-order valence-electron chi connectivity index (χ4n) is 0.958. The molecular weight excluding hydrogens is 164 g/mol. The van der Waals surface area contributed by atoms with Crippen molar-refractivity contribution in [3.05, 3.63) is 13.5 Å². The third-order valence-corrected chi connectivity index (χ3v) is 1.77. The van der Waals surface area contributed by atoms with Crippen molar-refractivity contribution >= 4 is 5.97 Å². The second kappa shape index (κ2) is 9.56. The predicted molar refractivity (Wildman–Crippen MR) is 53.7 cm³/mol. The number of hydrogen-bond acceptors (Lipinski definition) is 2. The Balaban J connectivity index is 3.11. The Morgan fingerprint density at radius 2 is 2.15 bits per heavy atom. The van der Waals surface area contributed by atoms with Gasteiger partial charge in [-0.1, -0.05) is 33.1 Å². The van der Waals surface area contributed by atoms with E-state index in [-0.39, 0.29) is 5.97 Å². The van der Waals surface area contributed by atoms with Gasteiger partial charge in [0.25, 0.3) is 0 Å². The predicted octanol–water partition coefficient (Wildman–Crippen LogP) is 3.28. The third-order valence-electron chi connectivity index (χ3n) is 1.77. The molecule has 0 saturated carbocycles. The first-order valence-electron chi connectivity index (χ1n) is 5.11. The largest absolute Gasteiger partial charge is 0.458 e. The Morgan fingerprint density at radius 3 is 2.77 bits per heavy atom. The summed E-state index contributed by atoms with van der Waals surface area (Å²) < 4.78 is 4.90. The molecule has 0 bridgehead atoms. The van der Waals surface area contributed by atoms with E-state index < -0.39 is 0 Å². The Hall–Kier alpha value is -0.530. The molecule has 0 spiro atoms. The number of esters is 1. The SMILES string of the molecule is [CH2]CCC[CH]OC(=O)CCCCC. The van der Waals surface area contributed by atoms with E-state index in [4.69, 9.17) is 4.74 Å². The molecule has 0 fully saturated rings. The maximum Gasteiger partial charge on any atom is 0.306 e. The summed E-state index contributed by atoms with van der Waals surface area (Å²) in [6, 6.07) is 0. The first-order valence-corrected chi connectivity index (χ1v) is 5.11. The topological polar surface area (TPSA) is 26.3 Å². The summed E-state index contributed by atoms with van der Waals surface area (Å²) in [6.45, 7) is 7.42. The molecule has 76 valence electrons.